The third kappa shape index (κ3) is 5.04. The summed E-state index contributed by atoms with van der Waals surface area (Å²) in [6.45, 7) is 2.19. The van der Waals surface area contributed by atoms with Gasteiger partial charge in [0, 0.05) is 38.1 Å². The summed E-state index contributed by atoms with van der Waals surface area (Å²) >= 11 is 0. The van der Waals surface area contributed by atoms with E-state index in [0.717, 1.165) is 5.56 Å². The zero-order valence-electron chi connectivity index (χ0n) is 14.0. The fourth-order valence-corrected chi connectivity index (χ4v) is 5.52. The van der Waals surface area contributed by atoms with Gasteiger partial charge >= 0.3 is 0 Å². The number of nitrogens with one attached hydrogen (secondary N) is 1. The van der Waals surface area contributed by atoms with Crippen LogP contribution >= 0.6 is 24.8 Å². The highest BCUT2D eigenvalue weighted by molar-refractivity contribution is 7.91. The molecular weight excluding hydrogens is 387 g/mol. The molecule has 0 radical (unpaired) electrons. The van der Waals surface area contributed by atoms with Crippen molar-refractivity contribution in [1.29, 1.82) is 0 Å². The molecule has 1 N–H and O–H groups in total. The fraction of sp³-hybridized carbons (Fsp3) is 0.600. The number of rotatable bonds is 4. The van der Waals surface area contributed by atoms with Gasteiger partial charge in [0.1, 0.15) is 0 Å². The third-order valence-corrected chi connectivity index (χ3v) is 6.27. The lowest BCUT2D eigenvalue weighted by molar-refractivity contribution is -0.136. The first-order valence-electron chi connectivity index (χ1n) is 7.77. The summed E-state index contributed by atoms with van der Waals surface area (Å²) in [7, 11) is -1.38. The SMILES string of the molecule is CNCC(=O)N1CCN(Cc2ccncc2)[C@@H]2CS(=O)(=O)C[C@@H]21.Cl.Cl. The Labute approximate surface area is 160 Å². The second kappa shape index (κ2) is 9.14. The van der Waals surface area contributed by atoms with Crippen molar-refractivity contribution in [3.8, 4) is 0 Å². The fourth-order valence-electron chi connectivity index (χ4n) is 3.51. The summed E-state index contributed by atoms with van der Waals surface area (Å²) in [4.78, 5) is 20.2. The monoisotopic (exact) mass is 410 g/mol. The summed E-state index contributed by atoms with van der Waals surface area (Å²) in [6.07, 6.45) is 3.48. The molecule has 0 bridgehead atoms. The van der Waals surface area contributed by atoms with Crippen LogP contribution in [0.1, 0.15) is 5.56 Å². The lowest BCUT2D eigenvalue weighted by Crippen LogP contribution is -2.61. The molecular formula is C15H24Cl2N4O3S. The van der Waals surface area contributed by atoms with E-state index in [1.165, 1.54) is 0 Å². The highest BCUT2D eigenvalue weighted by Gasteiger charge is 2.47. The summed E-state index contributed by atoms with van der Waals surface area (Å²) in [6, 6.07) is 3.52. The molecule has 3 heterocycles. The van der Waals surface area contributed by atoms with E-state index in [0.29, 0.717) is 19.6 Å². The molecule has 0 saturated carbocycles. The van der Waals surface area contributed by atoms with Gasteiger partial charge in [0.25, 0.3) is 0 Å². The molecule has 142 valence electrons. The van der Waals surface area contributed by atoms with Crippen LogP contribution in [-0.4, -0.2) is 79.4 Å². The quantitative estimate of drug-likeness (QED) is 0.749. The van der Waals surface area contributed by atoms with E-state index in [2.05, 4.69) is 15.2 Å². The number of sulfone groups is 1. The zero-order valence-corrected chi connectivity index (χ0v) is 16.4. The number of hydrogen-bond donors (Lipinski definition) is 1. The summed E-state index contributed by atoms with van der Waals surface area (Å²) in [5.41, 5.74) is 1.11. The van der Waals surface area contributed by atoms with E-state index in [1.54, 1.807) is 24.3 Å². The summed E-state index contributed by atoms with van der Waals surface area (Å²) in [5, 5.41) is 2.86. The van der Waals surface area contributed by atoms with Gasteiger partial charge < -0.3 is 10.2 Å². The van der Waals surface area contributed by atoms with Gasteiger partial charge in [-0.15, -0.1) is 24.8 Å². The molecule has 2 aliphatic rings. The molecule has 0 aromatic carbocycles. The lowest BCUT2D eigenvalue weighted by Gasteiger charge is -2.44. The van der Waals surface area contributed by atoms with Crippen LogP contribution < -0.4 is 5.32 Å². The molecule has 2 aliphatic heterocycles. The average Bonchev–Trinajstić information content (AvgIpc) is 2.84. The highest BCUT2D eigenvalue weighted by Crippen LogP contribution is 2.28. The normalized spacial score (nSPS) is 24.8. The van der Waals surface area contributed by atoms with Gasteiger partial charge in [0.15, 0.2) is 9.84 Å². The molecule has 10 heteroatoms. The first-order chi connectivity index (χ1) is 11.0. The van der Waals surface area contributed by atoms with Crippen LogP contribution in [0.3, 0.4) is 0 Å². The number of amides is 1. The van der Waals surface area contributed by atoms with Crippen LogP contribution in [0, 0.1) is 0 Å². The second-order valence-electron chi connectivity index (χ2n) is 6.15. The minimum atomic E-state index is -3.10. The maximum atomic E-state index is 12.3. The first kappa shape index (κ1) is 22.1. The van der Waals surface area contributed by atoms with E-state index >= 15 is 0 Å². The van der Waals surface area contributed by atoms with Crippen molar-refractivity contribution >= 4 is 40.6 Å². The van der Waals surface area contributed by atoms with Gasteiger partial charge in [-0.25, -0.2) is 8.42 Å². The maximum absolute atomic E-state index is 12.3. The minimum absolute atomic E-state index is 0. The number of fused-ring (bicyclic) bond motifs is 1. The van der Waals surface area contributed by atoms with Crippen LogP contribution in [-0.2, 0) is 21.2 Å². The number of aromatic nitrogens is 1. The Morgan fingerprint density at radius 2 is 1.84 bits per heavy atom. The number of likely N-dealkylation sites (N-methyl/N-ethyl adjacent to an activating group) is 1. The summed E-state index contributed by atoms with van der Waals surface area (Å²) in [5.74, 6) is 0.176. The molecule has 25 heavy (non-hydrogen) atoms. The molecule has 2 fully saturated rings. The van der Waals surface area contributed by atoms with Crippen LogP contribution in [0.4, 0.5) is 0 Å². The van der Waals surface area contributed by atoms with Crippen LogP contribution in [0.15, 0.2) is 24.5 Å². The Hall–Kier alpha value is -0.930. The molecule has 3 rings (SSSR count). The van der Waals surface area contributed by atoms with Crippen molar-refractivity contribution in [2.24, 2.45) is 0 Å². The third-order valence-electron chi connectivity index (χ3n) is 4.57. The molecule has 0 unspecified atom stereocenters. The second-order valence-corrected chi connectivity index (χ2v) is 8.31. The average molecular weight is 411 g/mol. The molecule has 0 spiro atoms. The van der Waals surface area contributed by atoms with Gasteiger partial charge in [-0.05, 0) is 24.7 Å². The zero-order chi connectivity index (χ0) is 16.4. The number of piperazine rings is 1. The van der Waals surface area contributed by atoms with E-state index in [1.807, 2.05) is 12.1 Å². The van der Waals surface area contributed by atoms with Gasteiger partial charge in [-0.1, -0.05) is 0 Å². The predicted octanol–water partition coefficient (Wildman–Crippen LogP) is -0.0456. The number of pyridine rings is 1. The molecule has 2 saturated heterocycles. The van der Waals surface area contributed by atoms with Crippen molar-refractivity contribution in [2.45, 2.75) is 18.6 Å². The largest absolute Gasteiger partial charge is 0.335 e. The maximum Gasteiger partial charge on any atom is 0.236 e. The van der Waals surface area contributed by atoms with Crippen molar-refractivity contribution < 1.29 is 13.2 Å². The van der Waals surface area contributed by atoms with E-state index in [4.69, 9.17) is 0 Å². The van der Waals surface area contributed by atoms with Crippen LogP contribution in [0.25, 0.3) is 0 Å². The Kier molecular flexibility index (Phi) is 8.08. The molecule has 7 nitrogen and oxygen atoms in total. The molecule has 1 aromatic rings. The van der Waals surface area contributed by atoms with Crippen molar-refractivity contribution in [3.63, 3.8) is 0 Å². The van der Waals surface area contributed by atoms with Crippen molar-refractivity contribution in [3.05, 3.63) is 30.1 Å². The Morgan fingerprint density at radius 3 is 2.48 bits per heavy atom. The molecule has 2 atom stereocenters. The van der Waals surface area contributed by atoms with Crippen molar-refractivity contribution in [2.75, 3.05) is 38.2 Å². The van der Waals surface area contributed by atoms with Crippen molar-refractivity contribution in [1.82, 2.24) is 20.1 Å². The van der Waals surface area contributed by atoms with E-state index < -0.39 is 9.84 Å². The predicted molar refractivity (Wildman–Crippen MR) is 101 cm³/mol. The number of carbonyl (C=O) groups is 1. The van der Waals surface area contributed by atoms with E-state index in [9.17, 15) is 13.2 Å². The van der Waals surface area contributed by atoms with Gasteiger partial charge in [0.05, 0.1) is 24.1 Å². The standard InChI is InChI=1S/C15H22N4O3S.2ClH/c1-16-8-15(20)19-7-6-18(9-12-2-4-17-5-3-12)13-10-23(21,22)11-14(13)19;;/h2-5,13-14,16H,6-11H2,1H3;2*1H/t13-,14+;;/m1../s1. The first-order valence-corrected chi connectivity index (χ1v) is 9.60. The van der Waals surface area contributed by atoms with E-state index in [-0.39, 0.29) is 60.9 Å². The van der Waals surface area contributed by atoms with Crippen LogP contribution in [0.5, 0.6) is 0 Å². The topological polar surface area (TPSA) is 82.6 Å². The number of hydrogen-bond acceptors (Lipinski definition) is 6. The highest BCUT2D eigenvalue weighted by atomic mass is 35.5. The lowest BCUT2D eigenvalue weighted by atomic mass is 10.0. The van der Waals surface area contributed by atoms with Crippen LogP contribution in [0.2, 0.25) is 0 Å². The number of carbonyl (C=O) groups excluding carboxylic acids is 1. The molecule has 0 aliphatic carbocycles. The number of nitrogens with zero attached hydrogens (tertiary/aromatic N) is 3. The molecule has 1 amide bonds. The smallest absolute Gasteiger partial charge is 0.236 e. The number of halogens is 2. The summed E-state index contributed by atoms with van der Waals surface area (Å²) < 4.78 is 24.3. The Morgan fingerprint density at radius 1 is 1.20 bits per heavy atom. The van der Waals surface area contributed by atoms with Gasteiger partial charge in [0.2, 0.25) is 5.91 Å². The molecule has 1 aromatic heterocycles. The Balaban J connectivity index is 0.00000156. The van der Waals surface area contributed by atoms with Gasteiger partial charge in [-0.2, -0.15) is 0 Å². The minimum Gasteiger partial charge on any atom is -0.335 e. The van der Waals surface area contributed by atoms with Gasteiger partial charge in [-0.3, -0.25) is 14.7 Å². The Bertz CT molecular complexity index is 675.